The fourth-order valence-electron chi connectivity index (χ4n) is 0.944. The van der Waals surface area contributed by atoms with Crippen molar-refractivity contribution in [2.45, 2.75) is 4.90 Å². The van der Waals surface area contributed by atoms with Gasteiger partial charge < -0.3 is 0 Å². The van der Waals surface area contributed by atoms with Crippen molar-refractivity contribution in [2.24, 2.45) is 0 Å². The van der Waals surface area contributed by atoms with Gasteiger partial charge in [-0.15, -0.1) is 0 Å². The number of sulfonamides is 1. The Morgan fingerprint density at radius 3 is 2.56 bits per heavy atom. The summed E-state index contributed by atoms with van der Waals surface area (Å²) in [5, 5.41) is 0.233. The molecule has 7 heteroatoms. The van der Waals surface area contributed by atoms with Crippen LogP contribution in [-0.4, -0.2) is 15.0 Å². The third-order valence-corrected chi connectivity index (χ3v) is 4.64. The standard InChI is InChI=1S/C9H8Br2ClNO2S/c1-6(12)5-13-16(14,15)9-3-2-7(10)4-8(9)11/h2-4,13H,1,5H2. The molecular formula is C9H8Br2ClNO2S. The van der Waals surface area contributed by atoms with Crippen molar-refractivity contribution in [3.63, 3.8) is 0 Å². The van der Waals surface area contributed by atoms with Crippen LogP contribution in [0.1, 0.15) is 0 Å². The fourth-order valence-corrected chi connectivity index (χ4v) is 3.86. The third kappa shape index (κ3) is 3.85. The molecule has 0 unspecified atom stereocenters. The van der Waals surface area contributed by atoms with E-state index in [-0.39, 0.29) is 16.5 Å². The molecule has 0 bridgehead atoms. The number of hydrogen-bond donors (Lipinski definition) is 1. The molecule has 0 aromatic heterocycles. The normalized spacial score (nSPS) is 11.4. The molecule has 1 rings (SSSR count). The predicted molar refractivity (Wildman–Crippen MR) is 72.0 cm³/mol. The molecule has 16 heavy (non-hydrogen) atoms. The molecule has 0 aliphatic heterocycles. The van der Waals surface area contributed by atoms with E-state index >= 15 is 0 Å². The maximum absolute atomic E-state index is 11.8. The lowest BCUT2D eigenvalue weighted by molar-refractivity contribution is 0.585. The summed E-state index contributed by atoms with van der Waals surface area (Å²) in [5.74, 6) is 0. The summed E-state index contributed by atoms with van der Waals surface area (Å²) < 4.78 is 27.2. The Balaban J connectivity index is 3.03. The van der Waals surface area contributed by atoms with E-state index < -0.39 is 10.0 Å². The number of hydrogen-bond acceptors (Lipinski definition) is 2. The molecule has 0 aliphatic carbocycles. The van der Waals surface area contributed by atoms with Crippen LogP contribution in [-0.2, 0) is 10.0 Å². The summed E-state index contributed by atoms with van der Waals surface area (Å²) in [6, 6.07) is 4.80. The van der Waals surface area contributed by atoms with Gasteiger partial charge in [0.1, 0.15) is 0 Å². The van der Waals surface area contributed by atoms with Crippen LogP contribution in [0, 0.1) is 0 Å². The first-order valence-corrected chi connectivity index (χ1v) is 7.55. The summed E-state index contributed by atoms with van der Waals surface area (Å²) in [5.41, 5.74) is 0. The highest BCUT2D eigenvalue weighted by atomic mass is 79.9. The van der Waals surface area contributed by atoms with Gasteiger partial charge in [-0.3, -0.25) is 0 Å². The minimum atomic E-state index is -3.57. The van der Waals surface area contributed by atoms with Gasteiger partial charge in [0, 0.05) is 20.5 Å². The van der Waals surface area contributed by atoms with E-state index in [1.807, 2.05) is 0 Å². The molecule has 0 saturated heterocycles. The summed E-state index contributed by atoms with van der Waals surface area (Å²) in [6.45, 7) is 3.41. The monoisotopic (exact) mass is 387 g/mol. The maximum atomic E-state index is 11.8. The zero-order chi connectivity index (χ0) is 12.3. The Labute approximate surface area is 116 Å². The van der Waals surface area contributed by atoms with Crippen LogP contribution in [0.15, 0.2) is 43.7 Å². The molecule has 0 aliphatic rings. The highest BCUT2D eigenvalue weighted by Crippen LogP contribution is 2.25. The molecule has 3 nitrogen and oxygen atoms in total. The second-order valence-corrected chi connectivity index (χ2v) is 6.96. The molecule has 88 valence electrons. The van der Waals surface area contributed by atoms with Gasteiger partial charge in [-0.25, -0.2) is 13.1 Å². The Morgan fingerprint density at radius 2 is 2.06 bits per heavy atom. The van der Waals surface area contributed by atoms with E-state index in [4.69, 9.17) is 11.6 Å². The predicted octanol–water partition coefficient (Wildman–Crippen LogP) is 3.24. The van der Waals surface area contributed by atoms with Gasteiger partial charge in [-0.1, -0.05) is 34.1 Å². The molecule has 0 heterocycles. The largest absolute Gasteiger partial charge is 0.242 e. The van der Waals surface area contributed by atoms with Crippen LogP contribution in [0.5, 0.6) is 0 Å². The maximum Gasteiger partial charge on any atom is 0.242 e. The molecule has 0 saturated carbocycles. The van der Waals surface area contributed by atoms with Crippen molar-refractivity contribution < 1.29 is 8.42 Å². The first-order valence-electron chi connectivity index (χ1n) is 4.11. The minimum absolute atomic E-state index is 0.00634. The zero-order valence-electron chi connectivity index (χ0n) is 8.00. The summed E-state index contributed by atoms with van der Waals surface area (Å²) in [7, 11) is -3.57. The van der Waals surface area contributed by atoms with E-state index in [0.29, 0.717) is 4.47 Å². The Kier molecular flexibility index (Phi) is 5.00. The van der Waals surface area contributed by atoms with Crippen molar-refractivity contribution in [1.82, 2.24) is 4.72 Å². The molecule has 0 fully saturated rings. The average Bonchev–Trinajstić information content (AvgIpc) is 2.14. The zero-order valence-corrected chi connectivity index (χ0v) is 12.7. The molecule has 0 amide bonds. The molecule has 1 aromatic rings. The molecule has 0 atom stereocenters. The highest BCUT2D eigenvalue weighted by Gasteiger charge is 2.17. The van der Waals surface area contributed by atoms with Gasteiger partial charge >= 0.3 is 0 Å². The summed E-state index contributed by atoms with van der Waals surface area (Å²) >= 11 is 11.9. The van der Waals surface area contributed by atoms with Crippen LogP contribution >= 0.6 is 43.5 Å². The summed E-state index contributed by atoms with van der Waals surface area (Å²) in [4.78, 5) is 0.161. The number of nitrogens with one attached hydrogen (secondary N) is 1. The average molecular weight is 389 g/mol. The lowest BCUT2D eigenvalue weighted by atomic mass is 10.4. The van der Waals surface area contributed by atoms with Gasteiger partial charge in [0.2, 0.25) is 10.0 Å². The quantitative estimate of drug-likeness (QED) is 0.859. The van der Waals surface area contributed by atoms with Gasteiger partial charge in [-0.05, 0) is 34.1 Å². The van der Waals surface area contributed by atoms with E-state index in [1.54, 1.807) is 12.1 Å². The number of halogens is 3. The molecule has 1 aromatic carbocycles. The third-order valence-electron chi connectivity index (χ3n) is 1.64. The molecule has 0 radical (unpaired) electrons. The van der Waals surface area contributed by atoms with Crippen LogP contribution < -0.4 is 4.72 Å². The minimum Gasteiger partial charge on any atom is -0.207 e. The topological polar surface area (TPSA) is 46.2 Å². The Hall–Kier alpha value is 0.120. The van der Waals surface area contributed by atoms with Crippen molar-refractivity contribution >= 4 is 53.5 Å². The van der Waals surface area contributed by atoms with Crippen molar-refractivity contribution in [3.05, 3.63) is 38.8 Å². The van der Waals surface area contributed by atoms with E-state index in [9.17, 15) is 8.42 Å². The first-order chi connectivity index (χ1) is 7.33. The van der Waals surface area contributed by atoms with Crippen molar-refractivity contribution in [1.29, 1.82) is 0 Å². The van der Waals surface area contributed by atoms with Gasteiger partial charge in [-0.2, -0.15) is 0 Å². The van der Waals surface area contributed by atoms with Gasteiger partial charge in [0.25, 0.3) is 0 Å². The molecule has 0 spiro atoms. The van der Waals surface area contributed by atoms with Gasteiger partial charge in [0.05, 0.1) is 4.90 Å². The Morgan fingerprint density at radius 1 is 1.44 bits per heavy atom. The highest BCUT2D eigenvalue weighted by molar-refractivity contribution is 9.11. The number of rotatable bonds is 4. The fraction of sp³-hybridized carbons (Fsp3) is 0.111. The van der Waals surface area contributed by atoms with Crippen molar-refractivity contribution in [2.75, 3.05) is 6.54 Å². The van der Waals surface area contributed by atoms with E-state index in [1.165, 1.54) is 6.07 Å². The molecule has 1 N–H and O–H groups in total. The van der Waals surface area contributed by atoms with Crippen LogP contribution in [0.2, 0.25) is 0 Å². The SMILES string of the molecule is C=C(Cl)CNS(=O)(=O)c1ccc(Br)cc1Br. The van der Waals surface area contributed by atoms with E-state index in [0.717, 1.165) is 4.47 Å². The van der Waals surface area contributed by atoms with Crippen LogP contribution in [0.25, 0.3) is 0 Å². The second-order valence-electron chi connectivity index (χ2n) is 2.92. The smallest absolute Gasteiger partial charge is 0.207 e. The van der Waals surface area contributed by atoms with Crippen LogP contribution in [0.4, 0.5) is 0 Å². The van der Waals surface area contributed by atoms with Crippen molar-refractivity contribution in [3.8, 4) is 0 Å². The van der Waals surface area contributed by atoms with Crippen LogP contribution in [0.3, 0.4) is 0 Å². The number of benzene rings is 1. The van der Waals surface area contributed by atoms with Gasteiger partial charge in [0.15, 0.2) is 0 Å². The first kappa shape index (κ1) is 14.2. The summed E-state index contributed by atoms with van der Waals surface area (Å²) in [6.07, 6.45) is 0. The van der Waals surface area contributed by atoms with E-state index in [2.05, 4.69) is 43.2 Å². The molecular weight excluding hydrogens is 381 g/mol. The lowest BCUT2D eigenvalue weighted by Gasteiger charge is -2.07. The second kappa shape index (κ2) is 5.64. The Bertz CT molecular complexity index is 516. The lowest BCUT2D eigenvalue weighted by Crippen LogP contribution is -2.25.